The van der Waals surface area contributed by atoms with Crippen molar-refractivity contribution >= 4 is 39.2 Å². The molecule has 2 N–H and O–H groups in total. The minimum absolute atomic E-state index is 0.00610. The Hall–Kier alpha value is -0.860. The number of hydrogen-bond acceptors (Lipinski definition) is 5. The number of hydrogen-bond donors (Lipinski definition) is 2. The maximum absolute atomic E-state index is 11.9. The van der Waals surface area contributed by atoms with Crippen molar-refractivity contribution in [3.63, 3.8) is 0 Å². The molecule has 0 heterocycles. The Morgan fingerprint density at radius 2 is 1.95 bits per heavy atom. The van der Waals surface area contributed by atoms with Gasteiger partial charge in [0.25, 0.3) is 0 Å². The lowest BCUT2D eigenvalue weighted by atomic mass is 10.2. The smallest absolute Gasteiger partial charge is 0.241 e. The Morgan fingerprint density at radius 3 is 2.37 bits per heavy atom. The highest BCUT2D eigenvalue weighted by Gasteiger charge is 2.24. The van der Waals surface area contributed by atoms with Gasteiger partial charge in [0.05, 0.1) is 33.1 Å². The molecule has 1 aromatic carbocycles. The van der Waals surface area contributed by atoms with Crippen LogP contribution in [0.25, 0.3) is 0 Å². The minimum atomic E-state index is -4.16. The van der Waals surface area contributed by atoms with Gasteiger partial charge in [0.15, 0.2) is 0 Å². The van der Waals surface area contributed by atoms with Crippen LogP contribution in [0.15, 0.2) is 23.1 Å². The van der Waals surface area contributed by atoms with Crippen LogP contribution in [-0.4, -0.2) is 31.6 Å². The number of aliphatic hydroxyl groups is 1. The predicted octanol–water partition coefficient (Wildman–Crippen LogP) is -0.229. The van der Waals surface area contributed by atoms with Gasteiger partial charge in [0, 0.05) is 0 Å². The summed E-state index contributed by atoms with van der Waals surface area (Å²) in [6, 6.07) is 1.72. The van der Waals surface area contributed by atoms with Gasteiger partial charge in [0.2, 0.25) is 10.0 Å². The first-order chi connectivity index (χ1) is 8.65. The molecule has 106 valence electrons. The van der Waals surface area contributed by atoms with Gasteiger partial charge < -0.3 is 15.0 Å². The van der Waals surface area contributed by atoms with Gasteiger partial charge in [0.1, 0.15) is 0 Å². The lowest BCUT2D eigenvalue weighted by Gasteiger charge is -2.22. The standard InChI is InChI=1S/C10H11Cl2NO5S/c1-5(14)9(10(15)16)13-19(17,18)6-2-3-7(11)8(12)4-6/h2-5,9,13-14H,1H3,(H,15,16)/p-1/t5-,9-/m1/s1. The van der Waals surface area contributed by atoms with Gasteiger partial charge in [-0.3, -0.25) is 0 Å². The van der Waals surface area contributed by atoms with E-state index in [1.165, 1.54) is 6.07 Å². The number of carboxylic acid groups (broad SMARTS) is 1. The van der Waals surface area contributed by atoms with Gasteiger partial charge in [-0.2, -0.15) is 4.72 Å². The van der Waals surface area contributed by atoms with Crippen LogP contribution in [0, 0.1) is 0 Å². The second-order valence-electron chi connectivity index (χ2n) is 3.73. The van der Waals surface area contributed by atoms with Crippen molar-refractivity contribution in [1.29, 1.82) is 0 Å². The molecule has 0 saturated heterocycles. The molecule has 19 heavy (non-hydrogen) atoms. The van der Waals surface area contributed by atoms with Crippen LogP contribution in [0.3, 0.4) is 0 Å². The van der Waals surface area contributed by atoms with Crippen LogP contribution >= 0.6 is 23.2 Å². The number of aliphatic carboxylic acids is 1. The fourth-order valence-electron chi connectivity index (χ4n) is 1.22. The molecule has 1 rings (SSSR count). The summed E-state index contributed by atoms with van der Waals surface area (Å²) in [6.07, 6.45) is -1.46. The van der Waals surface area contributed by atoms with Gasteiger partial charge in [-0.15, -0.1) is 0 Å². The topological polar surface area (TPSA) is 107 Å². The first-order valence-electron chi connectivity index (χ1n) is 5.01. The Bertz CT molecular complexity index is 588. The number of carboxylic acids is 1. The normalized spacial score (nSPS) is 14.9. The Labute approximate surface area is 120 Å². The van der Waals surface area contributed by atoms with E-state index in [9.17, 15) is 23.4 Å². The first-order valence-corrected chi connectivity index (χ1v) is 7.25. The highest BCUT2D eigenvalue weighted by Crippen LogP contribution is 2.24. The molecule has 0 amide bonds. The summed E-state index contributed by atoms with van der Waals surface area (Å²) in [5, 5.41) is 20.1. The maximum Gasteiger partial charge on any atom is 0.241 e. The summed E-state index contributed by atoms with van der Waals surface area (Å²) in [7, 11) is -4.16. The van der Waals surface area contributed by atoms with Gasteiger partial charge in [-0.25, -0.2) is 8.42 Å². The van der Waals surface area contributed by atoms with Crippen molar-refractivity contribution in [3.05, 3.63) is 28.2 Å². The summed E-state index contributed by atoms with van der Waals surface area (Å²) in [5.41, 5.74) is 0. The molecule has 0 bridgehead atoms. The Balaban J connectivity index is 3.10. The van der Waals surface area contributed by atoms with E-state index in [0.29, 0.717) is 0 Å². The summed E-state index contributed by atoms with van der Waals surface area (Å²) in [5.74, 6) is -1.74. The summed E-state index contributed by atoms with van der Waals surface area (Å²) in [4.78, 5) is 10.5. The maximum atomic E-state index is 11.9. The Morgan fingerprint density at radius 1 is 1.37 bits per heavy atom. The van der Waals surface area contributed by atoms with Crippen LogP contribution < -0.4 is 9.83 Å². The number of aliphatic hydroxyl groups excluding tert-OH is 1. The predicted molar refractivity (Wildman–Crippen MR) is 67.3 cm³/mol. The molecule has 0 radical (unpaired) electrons. The van der Waals surface area contributed by atoms with Crippen molar-refractivity contribution in [3.8, 4) is 0 Å². The summed E-state index contributed by atoms with van der Waals surface area (Å²) >= 11 is 11.3. The highest BCUT2D eigenvalue weighted by atomic mass is 35.5. The van der Waals surface area contributed by atoms with E-state index in [4.69, 9.17) is 23.2 Å². The number of carbonyl (C=O) groups excluding carboxylic acids is 1. The third kappa shape index (κ3) is 4.05. The zero-order valence-corrected chi connectivity index (χ0v) is 12.0. The number of rotatable bonds is 5. The van der Waals surface area contributed by atoms with Crippen molar-refractivity contribution in [2.75, 3.05) is 0 Å². The molecule has 0 spiro atoms. The molecular weight excluding hydrogens is 317 g/mol. The van der Waals surface area contributed by atoms with E-state index >= 15 is 0 Å². The second-order valence-corrected chi connectivity index (χ2v) is 6.26. The summed E-state index contributed by atoms with van der Waals surface area (Å²) < 4.78 is 25.6. The van der Waals surface area contributed by atoms with E-state index in [-0.39, 0.29) is 14.9 Å². The molecule has 1 aromatic rings. The molecule has 0 aromatic heterocycles. The molecule has 0 aliphatic heterocycles. The zero-order valence-electron chi connectivity index (χ0n) is 9.63. The fraction of sp³-hybridized carbons (Fsp3) is 0.300. The van der Waals surface area contributed by atoms with Crippen LogP contribution in [0.2, 0.25) is 10.0 Å². The van der Waals surface area contributed by atoms with Crippen LogP contribution in [0.4, 0.5) is 0 Å². The number of carbonyl (C=O) groups is 1. The monoisotopic (exact) mass is 326 g/mol. The molecule has 0 aliphatic rings. The van der Waals surface area contributed by atoms with E-state index in [0.717, 1.165) is 19.1 Å². The lowest BCUT2D eigenvalue weighted by Crippen LogP contribution is -2.53. The largest absolute Gasteiger partial charge is 0.548 e. The molecular formula is C10H10Cl2NO5S-. The number of halogens is 2. The SMILES string of the molecule is C[C@@H](O)[C@@H](NS(=O)(=O)c1ccc(Cl)c(Cl)c1)C(=O)[O-]. The Kier molecular flexibility index (Phi) is 5.17. The second kappa shape index (κ2) is 6.06. The van der Waals surface area contributed by atoms with E-state index in [1.807, 2.05) is 4.72 Å². The molecule has 0 unspecified atom stereocenters. The number of sulfonamides is 1. The zero-order chi connectivity index (χ0) is 14.8. The average Bonchev–Trinajstić information content (AvgIpc) is 2.28. The summed E-state index contributed by atoms with van der Waals surface area (Å²) in [6.45, 7) is 1.12. The number of nitrogens with one attached hydrogen (secondary N) is 1. The molecule has 6 nitrogen and oxygen atoms in total. The van der Waals surface area contributed by atoms with Crippen LogP contribution in [0.1, 0.15) is 6.92 Å². The van der Waals surface area contributed by atoms with Gasteiger partial charge in [-0.05, 0) is 25.1 Å². The van der Waals surface area contributed by atoms with Crippen LogP contribution in [-0.2, 0) is 14.8 Å². The van der Waals surface area contributed by atoms with Gasteiger partial charge >= 0.3 is 0 Å². The molecule has 9 heteroatoms. The molecule has 0 saturated carbocycles. The fourth-order valence-corrected chi connectivity index (χ4v) is 2.87. The highest BCUT2D eigenvalue weighted by molar-refractivity contribution is 7.89. The third-order valence-electron chi connectivity index (χ3n) is 2.22. The average molecular weight is 327 g/mol. The van der Waals surface area contributed by atoms with E-state index in [2.05, 4.69) is 0 Å². The van der Waals surface area contributed by atoms with Crippen molar-refractivity contribution in [2.24, 2.45) is 0 Å². The lowest BCUT2D eigenvalue weighted by molar-refractivity contribution is -0.309. The molecule has 0 aliphatic carbocycles. The van der Waals surface area contributed by atoms with E-state index < -0.39 is 28.1 Å². The quantitative estimate of drug-likeness (QED) is 0.777. The van der Waals surface area contributed by atoms with Crippen LogP contribution in [0.5, 0.6) is 0 Å². The minimum Gasteiger partial charge on any atom is -0.548 e. The molecule has 2 atom stereocenters. The third-order valence-corrected chi connectivity index (χ3v) is 4.40. The number of benzene rings is 1. The first kappa shape index (κ1) is 16.2. The van der Waals surface area contributed by atoms with Gasteiger partial charge in [-0.1, -0.05) is 23.2 Å². The molecule has 0 fully saturated rings. The van der Waals surface area contributed by atoms with E-state index in [1.54, 1.807) is 0 Å². The van der Waals surface area contributed by atoms with Crippen molar-refractivity contribution < 1.29 is 23.4 Å². The van der Waals surface area contributed by atoms with Crippen molar-refractivity contribution in [1.82, 2.24) is 4.72 Å². The van der Waals surface area contributed by atoms with Crippen molar-refractivity contribution in [2.45, 2.75) is 24.0 Å².